The molecule has 0 spiro atoms. The van der Waals surface area contributed by atoms with E-state index in [1.165, 1.54) is 0 Å². The number of piperidine rings is 1. The normalized spacial score (nSPS) is 17.5. The lowest BCUT2D eigenvalue weighted by Crippen LogP contribution is -2.41. The maximum absolute atomic E-state index is 12.4. The summed E-state index contributed by atoms with van der Waals surface area (Å²) in [6.45, 7) is 0.881. The molecular weight excluding hydrogens is 336 g/mol. The first kappa shape index (κ1) is 18.8. The van der Waals surface area contributed by atoms with Crippen LogP contribution in [0.4, 0.5) is 0 Å². The van der Waals surface area contributed by atoms with Crippen molar-refractivity contribution in [2.75, 3.05) is 6.54 Å². The van der Waals surface area contributed by atoms with Crippen LogP contribution in [0.1, 0.15) is 36.8 Å². The fraction of sp³-hybridized carbons (Fsp3) is 0.364. The molecule has 1 saturated heterocycles. The highest BCUT2D eigenvalue weighted by Gasteiger charge is 2.23. The number of benzene rings is 1. The number of nitrogens with zero attached hydrogens (tertiary/aromatic N) is 3. The Morgan fingerprint density at radius 3 is 2.81 bits per heavy atom. The Balaban J connectivity index is 1.63. The number of nitriles is 2. The van der Waals surface area contributed by atoms with E-state index in [1.807, 2.05) is 24.3 Å². The Morgan fingerprint density at radius 2 is 2.15 bits per heavy atom. The highest BCUT2D eigenvalue weighted by molar-refractivity contribution is 5.84. The van der Waals surface area contributed by atoms with Crippen LogP contribution in [0, 0.1) is 28.6 Å². The number of hydrogen-bond donors (Lipinski definition) is 1. The summed E-state index contributed by atoms with van der Waals surface area (Å²) in [7, 11) is 0. The molecule has 2 atom stereocenters. The van der Waals surface area contributed by atoms with Crippen LogP contribution >= 0.6 is 0 Å². The SMILES string of the molecule is N#Cc1cccc(-c2ccc(C[C@@H](C#N)CC(=O)[C@@H]3CCCCN3)cn2)c1. The molecule has 1 N–H and O–H groups in total. The molecular formula is C22H22N4O. The Bertz CT molecular complexity index is 870. The van der Waals surface area contributed by atoms with Gasteiger partial charge in [0.05, 0.1) is 35.4 Å². The molecule has 1 aromatic carbocycles. The Labute approximate surface area is 159 Å². The summed E-state index contributed by atoms with van der Waals surface area (Å²) in [5.74, 6) is -0.199. The topological polar surface area (TPSA) is 89.6 Å². The monoisotopic (exact) mass is 358 g/mol. The average molecular weight is 358 g/mol. The molecule has 1 aliphatic heterocycles. The van der Waals surface area contributed by atoms with Gasteiger partial charge in [0.2, 0.25) is 0 Å². The van der Waals surface area contributed by atoms with E-state index in [-0.39, 0.29) is 24.2 Å². The number of ketones is 1. The van der Waals surface area contributed by atoms with Gasteiger partial charge in [0, 0.05) is 18.2 Å². The molecule has 1 aliphatic rings. The third-order valence-corrected chi connectivity index (χ3v) is 4.92. The predicted octanol–water partition coefficient (Wildman–Crippen LogP) is 3.40. The molecule has 0 bridgehead atoms. The third kappa shape index (κ3) is 5.00. The summed E-state index contributed by atoms with van der Waals surface area (Å²) in [4.78, 5) is 16.9. The molecule has 1 aromatic heterocycles. The minimum absolute atomic E-state index is 0.0949. The first-order valence-electron chi connectivity index (χ1n) is 9.31. The van der Waals surface area contributed by atoms with Gasteiger partial charge in [-0.15, -0.1) is 0 Å². The zero-order valence-electron chi connectivity index (χ0n) is 15.2. The van der Waals surface area contributed by atoms with Crippen LogP contribution in [-0.2, 0) is 11.2 Å². The number of carbonyl (C=O) groups is 1. The molecule has 2 aromatic rings. The molecule has 1 fully saturated rings. The summed E-state index contributed by atoms with van der Waals surface area (Å²) in [5, 5.41) is 21.7. The summed E-state index contributed by atoms with van der Waals surface area (Å²) < 4.78 is 0. The molecule has 0 saturated carbocycles. The number of carbonyl (C=O) groups excluding carboxylic acids is 1. The van der Waals surface area contributed by atoms with Gasteiger partial charge in [0.15, 0.2) is 5.78 Å². The summed E-state index contributed by atoms with van der Waals surface area (Å²) >= 11 is 0. The number of aromatic nitrogens is 1. The van der Waals surface area contributed by atoms with Crippen molar-refractivity contribution >= 4 is 5.78 Å². The molecule has 0 aliphatic carbocycles. The van der Waals surface area contributed by atoms with Crippen LogP contribution in [0.15, 0.2) is 42.6 Å². The summed E-state index contributed by atoms with van der Waals surface area (Å²) in [6.07, 6.45) is 5.59. The van der Waals surface area contributed by atoms with Crippen LogP contribution in [0.2, 0.25) is 0 Å². The van der Waals surface area contributed by atoms with Crippen LogP contribution in [0.3, 0.4) is 0 Å². The lowest BCUT2D eigenvalue weighted by Gasteiger charge is -2.23. The Kier molecular flexibility index (Phi) is 6.30. The largest absolute Gasteiger partial charge is 0.307 e. The van der Waals surface area contributed by atoms with E-state index in [0.717, 1.165) is 42.6 Å². The molecule has 5 heteroatoms. The molecule has 0 amide bonds. The van der Waals surface area contributed by atoms with Gasteiger partial charge in [-0.1, -0.05) is 24.6 Å². The van der Waals surface area contributed by atoms with Crippen LogP contribution in [-0.4, -0.2) is 23.4 Å². The van der Waals surface area contributed by atoms with Crippen LogP contribution < -0.4 is 5.32 Å². The number of Topliss-reactive ketones (excluding diaryl/α,β-unsaturated/α-hetero) is 1. The van der Waals surface area contributed by atoms with Gasteiger partial charge in [0.1, 0.15) is 0 Å². The second-order valence-electron chi connectivity index (χ2n) is 6.95. The van der Waals surface area contributed by atoms with Crippen molar-refractivity contribution in [3.8, 4) is 23.4 Å². The Hall–Kier alpha value is -3.02. The Morgan fingerprint density at radius 1 is 1.26 bits per heavy atom. The van der Waals surface area contributed by atoms with E-state index in [1.54, 1.807) is 18.3 Å². The summed E-state index contributed by atoms with van der Waals surface area (Å²) in [5.41, 5.74) is 3.20. The molecule has 0 radical (unpaired) electrons. The number of hydrogen-bond acceptors (Lipinski definition) is 5. The van der Waals surface area contributed by atoms with Crippen LogP contribution in [0.5, 0.6) is 0 Å². The molecule has 2 heterocycles. The fourth-order valence-electron chi connectivity index (χ4n) is 3.42. The predicted molar refractivity (Wildman–Crippen MR) is 102 cm³/mol. The smallest absolute Gasteiger partial charge is 0.151 e. The molecule has 136 valence electrons. The number of rotatable bonds is 6. The first-order valence-corrected chi connectivity index (χ1v) is 9.31. The lowest BCUT2D eigenvalue weighted by atomic mass is 9.91. The van der Waals surface area contributed by atoms with E-state index in [4.69, 9.17) is 5.26 Å². The average Bonchev–Trinajstić information content (AvgIpc) is 2.74. The van der Waals surface area contributed by atoms with Crippen molar-refractivity contribution in [3.05, 3.63) is 53.7 Å². The minimum atomic E-state index is -0.337. The maximum atomic E-state index is 12.4. The first-order chi connectivity index (χ1) is 13.2. The van der Waals surface area contributed by atoms with E-state index in [0.29, 0.717) is 12.0 Å². The quantitative estimate of drug-likeness (QED) is 0.855. The van der Waals surface area contributed by atoms with E-state index in [2.05, 4.69) is 22.4 Å². The van der Waals surface area contributed by atoms with Crippen molar-refractivity contribution in [2.24, 2.45) is 5.92 Å². The van der Waals surface area contributed by atoms with Gasteiger partial charge in [-0.2, -0.15) is 10.5 Å². The fourth-order valence-corrected chi connectivity index (χ4v) is 3.42. The number of pyridine rings is 1. The van der Waals surface area contributed by atoms with E-state index >= 15 is 0 Å². The lowest BCUT2D eigenvalue weighted by molar-refractivity contribution is -0.122. The van der Waals surface area contributed by atoms with Crippen molar-refractivity contribution in [3.63, 3.8) is 0 Å². The second kappa shape index (κ2) is 9.07. The molecule has 3 rings (SSSR count). The van der Waals surface area contributed by atoms with Crippen molar-refractivity contribution in [1.82, 2.24) is 10.3 Å². The highest BCUT2D eigenvalue weighted by atomic mass is 16.1. The third-order valence-electron chi connectivity index (χ3n) is 4.92. The van der Waals surface area contributed by atoms with Crippen LogP contribution in [0.25, 0.3) is 11.3 Å². The van der Waals surface area contributed by atoms with Gasteiger partial charge in [-0.25, -0.2) is 0 Å². The van der Waals surface area contributed by atoms with Gasteiger partial charge < -0.3 is 5.32 Å². The van der Waals surface area contributed by atoms with Gasteiger partial charge in [-0.3, -0.25) is 9.78 Å². The summed E-state index contributed by atoms with van der Waals surface area (Å²) in [6, 6.07) is 15.4. The van der Waals surface area contributed by atoms with E-state index < -0.39 is 0 Å². The van der Waals surface area contributed by atoms with Crippen molar-refractivity contribution < 1.29 is 4.79 Å². The van der Waals surface area contributed by atoms with E-state index in [9.17, 15) is 10.1 Å². The molecule has 27 heavy (non-hydrogen) atoms. The zero-order valence-corrected chi connectivity index (χ0v) is 15.2. The number of nitrogens with one attached hydrogen (secondary N) is 1. The highest BCUT2D eigenvalue weighted by Crippen LogP contribution is 2.20. The van der Waals surface area contributed by atoms with Crippen molar-refractivity contribution in [1.29, 1.82) is 10.5 Å². The molecule has 5 nitrogen and oxygen atoms in total. The maximum Gasteiger partial charge on any atom is 0.151 e. The van der Waals surface area contributed by atoms with Gasteiger partial charge >= 0.3 is 0 Å². The molecule has 0 unspecified atom stereocenters. The standard InChI is InChI=1S/C22H22N4O/c23-13-16-4-3-5-19(11-16)20-8-7-17(15-26-20)10-18(14-24)12-22(27)21-6-1-2-9-25-21/h3-5,7-8,11,15,18,21,25H,1-2,6,9-10,12H2/t18-,21+/m1/s1. The van der Waals surface area contributed by atoms with Gasteiger partial charge in [0.25, 0.3) is 0 Å². The zero-order chi connectivity index (χ0) is 19.1. The van der Waals surface area contributed by atoms with Crippen molar-refractivity contribution in [2.45, 2.75) is 38.1 Å². The minimum Gasteiger partial charge on any atom is -0.307 e. The second-order valence-corrected chi connectivity index (χ2v) is 6.95. The van der Waals surface area contributed by atoms with Gasteiger partial charge in [-0.05, 0) is 49.6 Å².